The highest BCUT2D eigenvalue weighted by Gasteiger charge is 2.51. The van der Waals surface area contributed by atoms with Crippen molar-refractivity contribution in [3.8, 4) is 0 Å². The first kappa shape index (κ1) is 19.4. The molecule has 1 aromatic carbocycles. The maximum Gasteiger partial charge on any atom is 0.513 e. The third kappa shape index (κ3) is 3.58. The number of carbonyl (C=O) groups is 2. The van der Waals surface area contributed by atoms with Crippen molar-refractivity contribution in [3.05, 3.63) is 40.1 Å². The minimum Gasteiger partial charge on any atom is -0.434 e. The van der Waals surface area contributed by atoms with Crippen molar-refractivity contribution in [3.63, 3.8) is 0 Å². The Balaban J connectivity index is 2.18. The number of benzene rings is 1. The van der Waals surface area contributed by atoms with Gasteiger partial charge in [0.1, 0.15) is 5.54 Å². The molecule has 0 bridgehead atoms. The molecule has 2 aliphatic heterocycles. The molecular formula is C21H27NO5. The second-order valence-corrected chi connectivity index (χ2v) is 7.43. The summed E-state index contributed by atoms with van der Waals surface area (Å²) < 4.78 is 16.3. The molecule has 0 aliphatic carbocycles. The maximum atomic E-state index is 13.1. The molecule has 1 amide bonds. The zero-order valence-electron chi connectivity index (χ0n) is 16.6. The van der Waals surface area contributed by atoms with Crippen molar-refractivity contribution in [2.75, 3.05) is 13.2 Å². The maximum absolute atomic E-state index is 13.1. The van der Waals surface area contributed by atoms with Gasteiger partial charge in [-0.05, 0) is 51.3 Å². The highest BCUT2D eigenvalue weighted by Crippen LogP contribution is 2.43. The molecule has 146 valence electrons. The van der Waals surface area contributed by atoms with E-state index in [1.807, 2.05) is 39.8 Å². The normalized spacial score (nSPS) is 24.9. The molecule has 3 rings (SSSR count). The largest absolute Gasteiger partial charge is 0.513 e. The summed E-state index contributed by atoms with van der Waals surface area (Å²) in [6.45, 7) is 10.3. The van der Waals surface area contributed by atoms with Crippen molar-refractivity contribution in [1.29, 1.82) is 0 Å². The molecule has 6 heteroatoms. The molecule has 1 N–H and O–H groups in total. The number of carbonyl (C=O) groups excluding carboxylic acids is 2. The second-order valence-electron chi connectivity index (χ2n) is 7.43. The fourth-order valence-electron chi connectivity index (χ4n) is 4.27. The minimum absolute atomic E-state index is 0.0561. The lowest BCUT2D eigenvalue weighted by atomic mass is 9.84. The summed E-state index contributed by atoms with van der Waals surface area (Å²) in [6.07, 6.45) is 0.244. The van der Waals surface area contributed by atoms with E-state index in [2.05, 4.69) is 5.32 Å². The topological polar surface area (TPSA) is 73.9 Å². The lowest BCUT2D eigenvalue weighted by molar-refractivity contribution is -0.117. The van der Waals surface area contributed by atoms with Crippen molar-refractivity contribution in [2.24, 2.45) is 0 Å². The predicted octanol–water partition coefficient (Wildman–Crippen LogP) is 3.56. The van der Waals surface area contributed by atoms with Crippen LogP contribution in [-0.4, -0.2) is 36.9 Å². The van der Waals surface area contributed by atoms with Crippen molar-refractivity contribution in [1.82, 2.24) is 5.32 Å². The van der Waals surface area contributed by atoms with E-state index in [1.54, 1.807) is 6.92 Å². The molecular weight excluding hydrogens is 346 g/mol. The number of rotatable bonds is 3. The Morgan fingerprint density at radius 2 is 1.96 bits per heavy atom. The number of ether oxygens (including phenoxy) is 3. The highest BCUT2D eigenvalue weighted by atomic mass is 16.7. The minimum atomic E-state index is -0.789. The lowest BCUT2D eigenvalue weighted by Gasteiger charge is -2.37. The van der Waals surface area contributed by atoms with Gasteiger partial charge in [0.25, 0.3) is 5.91 Å². The molecule has 1 fully saturated rings. The first-order valence-electron chi connectivity index (χ1n) is 9.39. The first-order valence-corrected chi connectivity index (χ1v) is 9.39. The molecule has 0 aromatic heterocycles. The van der Waals surface area contributed by atoms with Gasteiger partial charge in [0, 0.05) is 19.4 Å². The van der Waals surface area contributed by atoms with E-state index >= 15 is 0 Å². The van der Waals surface area contributed by atoms with Gasteiger partial charge < -0.3 is 19.5 Å². The number of hydrogen-bond donors (Lipinski definition) is 1. The van der Waals surface area contributed by atoms with E-state index < -0.39 is 11.7 Å². The van der Waals surface area contributed by atoms with Crippen LogP contribution in [0.25, 0.3) is 5.57 Å². The highest BCUT2D eigenvalue weighted by molar-refractivity contribution is 6.24. The fourth-order valence-corrected chi connectivity index (χ4v) is 4.27. The van der Waals surface area contributed by atoms with E-state index in [4.69, 9.17) is 14.2 Å². The second kappa shape index (κ2) is 7.35. The molecule has 1 aromatic rings. The number of nitrogens with one attached hydrogen (secondary N) is 1. The number of amides is 1. The number of hydrogen-bond acceptors (Lipinski definition) is 5. The SMILES string of the molecule is CCOC(=O)OC1=C(c2c(C)cc(C)cc2C)C(=O)NC12CCOC(C)C2. The average Bonchev–Trinajstić information content (AvgIpc) is 2.79. The third-order valence-electron chi connectivity index (χ3n) is 5.18. The summed E-state index contributed by atoms with van der Waals surface area (Å²) in [5.41, 5.74) is 3.55. The van der Waals surface area contributed by atoms with Gasteiger partial charge in [-0.25, -0.2) is 4.79 Å². The Labute approximate surface area is 159 Å². The first-order chi connectivity index (χ1) is 12.8. The Morgan fingerprint density at radius 1 is 1.30 bits per heavy atom. The van der Waals surface area contributed by atoms with Crippen LogP contribution < -0.4 is 5.32 Å². The number of aryl methyl sites for hydroxylation is 3. The Bertz CT molecular complexity index is 790. The van der Waals surface area contributed by atoms with Crippen molar-refractivity contribution < 1.29 is 23.8 Å². The zero-order valence-corrected chi connectivity index (χ0v) is 16.6. The smallest absolute Gasteiger partial charge is 0.434 e. The Morgan fingerprint density at radius 3 is 2.56 bits per heavy atom. The van der Waals surface area contributed by atoms with Gasteiger partial charge in [0.2, 0.25) is 0 Å². The van der Waals surface area contributed by atoms with Crippen LogP contribution in [0.5, 0.6) is 0 Å². The lowest BCUT2D eigenvalue weighted by Crippen LogP contribution is -2.51. The van der Waals surface area contributed by atoms with Gasteiger partial charge in [-0.3, -0.25) is 4.79 Å². The zero-order chi connectivity index (χ0) is 19.8. The van der Waals surface area contributed by atoms with E-state index in [0.717, 1.165) is 22.3 Å². The van der Waals surface area contributed by atoms with Gasteiger partial charge in [-0.2, -0.15) is 0 Å². The van der Waals surface area contributed by atoms with Crippen LogP contribution in [0.15, 0.2) is 17.9 Å². The standard InChI is InChI=1S/C21H27NO5/c1-6-25-20(24)27-18-17(16-13(3)9-12(2)10-14(16)4)19(23)22-21(18)7-8-26-15(5)11-21/h9-10,15H,6-8,11H2,1-5H3,(H,22,23). The van der Waals surface area contributed by atoms with E-state index in [-0.39, 0.29) is 18.6 Å². The molecule has 2 aliphatic rings. The van der Waals surface area contributed by atoms with Gasteiger partial charge in [-0.1, -0.05) is 17.7 Å². The summed E-state index contributed by atoms with van der Waals surface area (Å²) in [7, 11) is 0. The molecule has 0 saturated carbocycles. The van der Waals surface area contributed by atoms with Crippen LogP contribution in [-0.2, 0) is 19.0 Å². The summed E-state index contributed by atoms with van der Waals surface area (Å²) in [5, 5.41) is 3.09. The van der Waals surface area contributed by atoms with Crippen LogP contribution in [0.3, 0.4) is 0 Å². The molecule has 1 saturated heterocycles. The summed E-state index contributed by atoms with van der Waals surface area (Å²) >= 11 is 0. The Kier molecular flexibility index (Phi) is 5.29. The van der Waals surface area contributed by atoms with Gasteiger partial charge in [0.15, 0.2) is 5.76 Å². The monoisotopic (exact) mass is 373 g/mol. The molecule has 6 nitrogen and oxygen atoms in total. The van der Waals surface area contributed by atoms with Gasteiger partial charge >= 0.3 is 6.16 Å². The van der Waals surface area contributed by atoms with Gasteiger partial charge in [0.05, 0.1) is 18.3 Å². The van der Waals surface area contributed by atoms with Gasteiger partial charge in [-0.15, -0.1) is 0 Å². The predicted molar refractivity (Wildman–Crippen MR) is 101 cm³/mol. The van der Waals surface area contributed by atoms with Crippen LogP contribution in [0, 0.1) is 20.8 Å². The summed E-state index contributed by atoms with van der Waals surface area (Å²) in [6, 6.07) is 4.06. The van der Waals surface area contributed by atoms with Crippen molar-refractivity contribution in [2.45, 2.75) is 59.1 Å². The molecule has 1 spiro atoms. The van der Waals surface area contributed by atoms with Crippen LogP contribution in [0.4, 0.5) is 4.79 Å². The quantitative estimate of drug-likeness (QED) is 0.820. The molecule has 0 radical (unpaired) electrons. The fraction of sp³-hybridized carbons (Fsp3) is 0.524. The molecule has 27 heavy (non-hydrogen) atoms. The summed E-state index contributed by atoms with van der Waals surface area (Å²) in [4.78, 5) is 25.2. The van der Waals surface area contributed by atoms with E-state index in [9.17, 15) is 9.59 Å². The van der Waals surface area contributed by atoms with Crippen LogP contribution in [0.1, 0.15) is 48.9 Å². The van der Waals surface area contributed by atoms with Crippen molar-refractivity contribution >= 4 is 17.6 Å². The summed E-state index contributed by atoms with van der Waals surface area (Å²) in [5.74, 6) is 0.134. The Hall–Kier alpha value is -2.34. The average molecular weight is 373 g/mol. The van der Waals surface area contributed by atoms with Crippen LogP contribution >= 0.6 is 0 Å². The van der Waals surface area contributed by atoms with E-state index in [1.165, 1.54) is 0 Å². The molecule has 2 atom stereocenters. The van der Waals surface area contributed by atoms with E-state index in [0.29, 0.717) is 30.8 Å². The van der Waals surface area contributed by atoms with Crippen LogP contribution in [0.2, 0.25) is 0 Å². The third-order valence-corrected chi connectivity index (χ3v) is 5.18. The molecule has 2 heterocycles. The molecule has 2 unspecified atom stereocenters.